The molecule has 3 N–H and O–H groups in total. The fourth-order valence-electron chi connectivity index (χ4n) is 3.90. The molecular weight excluding hydrogens is 316 g/mol. The zero-order chi connectivity index (χ0) is 17.4. The molecule has 5 heteroatoms. The van der Waals surface area contributed by atoms with Gasteiger partial charge < -0.3 is 15.8 Å². The van der Waals surface area contributed by atoms with Gasteiger partial charge >= 0.3 is 0 Å². The lowest BCUT2D eigenvalue weighted by molar-refractivity contribution is -0.134. The van der Waals surface area contributed by atoms with Crippen LogP contribution >= 0.6 is 0 Å². The molecule has 1 heterocycles. The summed E-state index contributed by atoms with van der Waals surface area (Å²) >= 11 is 0. The van der Waals surface area contributed by atoms with Crippen molar-refractivity contribution in [2.24, 2.45) is 5.73 Å². The van der Waals surface area contributed by atoms with Gasteiger partial charge in [0.2, 0.25) is 11.8 Å². The maximum atomic E-state index is 12.5. The highest BCUT2D eigenvalue weighted by atomic mass is 16.5. The van der Waals surface area contributed by atoms with Crippen molar-refractivity contribution in [1.82, 2.24) is 5.32 Å². The van der Waals surface area contributed by atoms with Gasteiger partial charge in [0.15, 0.2) is 0 Å². The molecule has 4 rings (SSSR count). The Kier molecular flexibility index (Phi) is 4.01. The Balaban J connectivity index is 1.72. The first-order valence-corrected chi connectivity index (χ1v) is 8.56. The van der Waals surface area contributed by atoms with Crippen molar-refractivity contribution in [3.05, 3.63) is 59.7 Å². The second-order valence-electron chi connectivity index (χ2n) is 6.54. The summed E-state index contributed by atoms with van der Waals surface area (Å²) in [7, 11) is 0. The van der Waals surface area contributed by atoms with Gasteiger partial charge in [-0.25, -0.2) is 0 Å². The molecule has 0 saturated carbocycles. The Morgan fingerprint density at radius 3 is 2.16 bits per heavy atom. The first kappa shape index (κ1) is 15.8. The van der Waals surface area contributed by atoms with Gasteiger partial charge in [-0.2, -0.15) is 0 Å². The topological polar surface area (TPSA) is 81.4 Å². The van der Waals surface area contributed by atoms with E-state index in [1.807, 2.05) is 48.5 Å². The number of hydrogen-bond acceptors (Lipinski definition) is 3. The van der Waals surface area contributed by atoms with Gasteiger partial charge in [-0.1, -0.05) is 48.5 Å². The number of primary amides is 1. The number of hydrogen-bond donors (Lipinski definition) is 2. The quantitative estimate of drug-likeness (QED) is 0.895. The lowest BCUT2D eigenvalue weighted by atomic mass is 9.88. The van der Waals surface area contributed by atoms with E-state index in [-0.39, 0.29) is 11.8 Å². The molecule has 1 fully saturated rings. The normalized spacial score (nSPS) is 19.9. The number of carbonyl (C=O) groups is 2. The average molecular weight is 336 g/mol. The smallest absolute Gasteiger partial charge is 0.249 e. The summed E-state index contributed by atoms with van der Waals surface area (Å²) in [6, 6.07) is 15.1. The lowest BCUT2D eigenvalue weighted by Gasteiger charge is -2.25. The molecular formula is C20H20N2O3. The van der Waals surface area contributed by atoms with Gasteiger partial charge in [-0.05, 0) is 35.1 Å². The molecule has 0 spiro atoms. The van der Waals surface area contributed by atoms with E-state index in [1.165, 1.54) is 0 Å². The third-order valence-corrected chi connectivity index (χ3v) is 5.04. The zero-order valence-electron chi connectivity index (χ0n) is 13.8. The number of ether oxygens (including phenoxy) is 1. The summed E-state index contributed by atoms with van der Waals surface area (Å²) in [6.45, 7) is 0.578. The van der Waals surface area contributed by atoms with Crippen LogP contribution in [0.4, 0.5) is 0 Å². The van der Waals surface area contributed by atoms with Crippen molar-refractivity contribution in [3.63, 3.8) is 0 Å². The molecule has 2 aromatic rings. The Labute approximate surface area is 146 Å². The van der Waals surface area contributed by atoms with Gasteiger partial charge in [-0.3, -0.25) is 9.59 Å². The molecule has 2 amide bonds. The van der Waals surface area contributed by atoms with Gasteiger partial charge in [0, 0.05) is 12.5 Å². The van der Waals surface area contributed by atoms with E-state index in [4.69, 9.17) is 10.5 Å². The van der Waals surface area contributed by atoms with Crippen molar-refractivity contribution < 1.29 is 14.3 Å². The van der Waals surface area contributed by atoms with Crippen LogP contribution in [0.5, 0.6) is 0 Å². The van der Waals surface area contributed by atoms with Crippen LogP contribution in [0, 0.1) is 0 Å². The summed E-state index contributed by atoms with van der Waals surface area (Å²) in [5.41, 5.74) is 9.88. The van der Waals surface area contributed by atoms with E-state index in [2.05, 4.69) is 5.32 Å². The number of amides is 2. The molecule has 1 aliphatic carbocycles. The highest BCUT2D eigenvalue weighted by molar-refractivity contribution is 5.92. The van der Waals surface area contributed by atoms with Crippen molar-refractivity contribution >= 4 is 11.8 Å². The van der Waals surface area contributed by atoms with Crippen LogP contribution in [0.2, 0.25) is 0 Å². The van der Waals surface area contributed by atoms with Crippen LogP contribution in [-0.2, 0) is 14.3 Å². The minimum Gasteiger partial charge on any atom is -0.368 e. The maximum absolute atomic E-state index is 12.5. The van der Waals surface area contributed by atoms with Crippen LogP contribution < -0.4 is 11.1 Å². The van der Waals surface area contributed by atoms with Gasteiger partial charge in [0.05, 0.1) is 0 Å². The third kappa shape index (κ3) is 2.70. The molecule has 2 aromatic carbocycles. The summed E-state index contributed by atoms with van der Waals surface area (Å²) in [5, 5.41) is 2.84. The van der Waals surface area contributed by atoms with Gasteiger partial charge in [0.1, 0.15) is 12.1 Å². The van der Waals surface area contributed by atoms with Crippen LogP contribution in [0.15, 0.2) is 48.5 Å². The lowest BCUT2D eigenvalue weighted by Crippen LogP contribution is -2.51. The molecule has 128 valence electrons. The maximum Gasteiger partial charge on any atom is 0.249 e. The molecule has 5 nitrogen and oxygen atoms in total. The van der Waals surface area contributed by atoms with E-state index in [0.29, 0.717) is 13.0 Å². The van der Waals surface area contributed by atoms with Crippen molar-refractivity contribution in [3.8, 4) is 11.1 Å². The van der Waals surface area contributed by atoms with Gasteiger partial charge in [-0.15, -0.1) is 0 Å². The SMILES string of the molecule is NC(=O)[C@H](NC(=O)[C@H]1CCCO1)C1c2ccccc2-c2ccccc21. The Hall–Kier alpha value is -2.66. The summed E-state index contributed by atoms with van der Waals surface area (Å²) < 4.78 is 5.43. The molecule has 0 radical (unpaired) electrons. The van der Waals surface area contributed by atoms with Crippen molar-refractivity contribution in [2.45, 2.75) is 30.9 Å². The first-order chi connectivity index (χ1) is 12.2. The molecule has 0 unspecified atom stereocenters. The standard InChI is InChI=1S/C20H20N2O3/c21-19(23)18(22-20(24)16-10-5-11-25-16)17-14-8-3-1-6-12(14)13-7-2-4-9-15(13)17/h1-4,6-9,16-18H,5,10-11H2,(H2,21,23)(H,22,24)/t16-,18-/m1/s1. The molecule has 0 bridgehead atoms. The zero-order valence-corrected chi connectivity index (χ0v) is 13.8. The van der Waals surface area contributed by atoms with Crippen LogP contribution in [0.1, 0.15) is 29.9 Å². The molecule has 0 aromatic heterocycles. The molecule has 25 heavy (non-hydrogen) atoms. The van der Waals surface area contributed by atoms with Gasteiger partial charge in [0.25, 0.3) is 0 Å². The number of nitrogens with one attached hydrogen (secondary N) is 1. The number of benzene rings is 2. The van der Waals surface area contributed by atoms with E-state index in [9.17, 15) is 9.59 Å². The van der Waals surface area contributed by atoms with E-state index >= 15 is 0 Å². The van der Waals surface area contributed by atoms with E-state index in [0.717, 1.165) is 28.7 Å². The predicted molar refractivity (Wildman–Crippen MR) is 93.8 cm³/mol. The molecule has 1 aliphatic heterocycles. The molecule has 2 aliphatic rings. The van der Waals surface area contributed by atoms with E-state index in [1.54, 1.807) is 0 Å². The summed E-state index contributed by atoms with van der Waals surface area (Å²) in [6.07, 6.45) is 1.04. The highest BCUT2D eigenvalue weighted by Gasteiger charge is 2.39. The first-order valence-electron chi connectivity index (χ1n) is 8.56. The fraction of sp³-hybridized carbons (Fsp3) is 0.300. The van der Waals surface area contributed by atoms with Crippen molar-refractivity contribution in [1.29, 1.82) is 0 Å². The fourth-order valence-corrected chi connectivity index (χ4v) is 3.90. The highest BCUT2D eigenvalue weighted by Crippen LogP contribution is 2.46. The van der Waals surface area contributed by atoms with Crippen LogP contribution in [0.25, 0.3) is 11.1 Å². The second-order valence-corrected chi connectivity index (χ2v) is 6.54. The Morgan fingerprint density at radius 2 is 1.64 bits per heavy atom. The van der Waals surface area contributed by atoms with Crippen molar-refractivity contribution in [2.75, 3.05) is 6.61 Å². The molecule has 2 atom stereocenters. The number of fused-ring (bicyclic) bond motifs is 3. The second kappa shape index (κ2) is 6.33. The number of nitrogens with two attached hydrogens (primary N) is 1. The van der Waals surface area contributed by atoms with Crippen LogP contribution in [-0.4, -0.2) is 30.6 Å². The molecule has 1 saturated heterocycles. The predicted octanol–water partition coefficient (Wildman–Crippen LogP) is 1.95. The average Bonchev–Trinajstić information content (AvgIpc) is 3.26. The van der Waals surface area contributed by atoms with Crippen LogP contribution in [0.3, 0.4) is 0 Å². The monoisotopic (exact) mass is 336 g/mol. The summed E-state index contributed by atoms with van der Waals surface area (Å²) in [4.78, 5) is 24.7. The summed E-state index contributed by atoms with van der Waals surface area (Å²) in [5.74, 6) is -1.08. The minimum absolute atomic E-state index is 0.261. The largest absolute Gasteiger partial charge is 0.368 e. The minimum atomic E-state index is -0.804. The Bertz CT molecular complexity index is 782. The number of rotatable bonds is 4. The Morgan fingerprint density at radius 1 is 1.04 bits per heavy atom. The third-order valence-electron chi connectivity index (χ3n) is 5.04. The number of carbonyl (C=O) groups excluding carboxylic acids is 2. The van der Waals surface area contributed by atoms with E-state index < -0.39 is 18.1 Å².